The number of anilines is 2. The Labute approximate surface area is 217 Å². The van der Waals surface area contributed by atoms with Crippen molar-refractivity contribution in [3.05, 3.63) is 114 Å². The molecule has 0 bridgehead atoms. The molecule has 4 aromatic carbocycles. The van der Waals surface area contributed by atoms with Crippen LogP contribution in [0.1, 0.15) is 47.1 Å². The number of nitrogens with one attached hydrogen (secondary N) is 1. The van der Waals surface area contributed by atoms with Crippen molar-refractivity contribution in [1.82, 2.24) is 0 Å². The van der Waals surface area contributed by atoms with Crippen molar-refractivity contribution in [2.45, 2.75) is 33.0 Å². The van der Waals surface area contributed by atoms with E-state index in [9.17, 15) is 9.59 Å². The van der Waals surface area contributed by atoms with Crippen LogP contribution in [0, 0.1) is 0 Å². The third-order valence-corrected chi connectivity index (χ3v) is 5.48. The average Bonchev–Trinajstić information content (AvgIpc) is 2.88. The van der Waals surface area contributed by atoms with Crippen LogP contribution in [0.15, 0.2) is 97.1 Å². The summed E-state index contributed by atoms with van der Waals surface area (Å²) in [5.41, 5.74) is 9.33. The summed E-state index contributed by atoms with van der Waals surface area (Å²) in [7, 11) is 0. The van der Waals surface area contributed by atoms with Gasteiger partial charge in [-0.05, 0) is 67.8 Å². The molecule has 0 aromatic heterocycles. The number of ether oxygens (including phenoxy) is 2. The average molecular weight is 495 g/mol. The van der Waals surface area contributed by atoms with Gasteiger partial charge in [0.2, 0.25) is 0 Å². The number of hydrogen-bond donors (Lipinski definition) is 2. The quantitative estimate of drug-likeness (QED) is 0.220. The predicted octanol–water partition coefficient (Wildman–Crippen LogP) is 6.72. The van der Waals surface area contributed by atoms with E-state index in [1.807, 2.05) is 66.7 Å². The SMILES string of the molecule is CC(C)(C)OC(=O)c1ccc(-c2ccccc2)cc1NC(=O)c1cc(N)ccc1OCc1ccccc1. The van der Waals surface area contributed by atoms with E-state index in [0.29, 0.717) is 17.1 Å². The van der Waals surface area contributed by atoms with Crippen LogP contribution in [0.5, 0.6) is 5.75 Å². The van der Waals surface area contributed by atoms with Gasteiger partial charge in [-0.3, -0.25) is 4.79 Å². The minimum Gasteiger partial charge on any atom is -0.488 e. The number of benzene rings is 4. The number of hydrogen-bond acceptors (Lipinski definition) is 5. The molecule has 0 aliphatic heterocycles. The maximum absolute atomic E-state index is 13.5. The molecule has 0 aliphatic carbocycles. The van der Waals surface area contributed by atoms with Gasteiger partial charge in [0.05, 0.1) is 16.8 Å². The Kier molecular flexibility index (Phi) is 7.58. The molecule has 4 rings (SSSR count). The molecule has 6 heteroatoms. The largest absolute Gasteiger partial charge is 0.488 e. The Hall–Kier alpha value is -4.58. The number of amides is 1. The molecule has 0 heterocycles. The molecule has 0 aliphatic rings. The van der Waals surface area contributed by atoms with Crippen LogP contribution in [0.2, 0.25) is 0 Å². The fourth-order valence-electron chi connectivity index (χ4n) is 3.74. The smallest absolute Gasteiger partial charge is 0.340 e. The highest BCUT2D eigenvalue weighted by Crippen LogP contribution is 2.29. The molecule has 0 saturated carbocycles. The van der Waals surface area contributed by atoms with E-state index in [0.717, 1.165) is 16.7 Å². The molecule has 0 spiro atoms. The fourth-order valence-corrected chi connectivity index (χ4v) is 3.74. The van der Waals surface area contributed by atoms with Crippen molar-refractivity contribution in [3.8, 4) is 16.9 Å². The summed E-state index contributed by atoms with van der Waals surface area (Å²) in [5, 5.41) is 2.89. The lowest BCUT2D eigenvalue weighted by molar-refractivity contribution is 0.00708. The topological polar surface area (TPSA) is 90.7 Å². The molecule has 0 saturated heterocycles. The van der Waals surface area contributed by atoms with Crippen molar-refractivity contribution in [3.63, 3.8) is 0 Å². The van der Waals surface area contributed by atoms with Gasteiger partial charge in [-0.25, -0.2) is 4.79 Å². The Bertz CT molecular complexity index is 1390. The van der Waals surface area contributed by atoms with Crippen LogP contribution < -0.4 is 15.8 Å². The second-order valence-electron chi connectivity index (χ2n) is 9.61. The predicted molar refractivity (Wildman–Crippen MR) is 147 cm³/mol. The lowest BCUT2D eigenvalue weighted by atomic mass is 10.0. The summed E-state index contributed by atoms with van der Waals surface area (Å²) in [6.45, 7) is 5.68. The summed E-state index contributed by atoms with van der Waals surface area (Å²) < 4.78 is 11.6. The summed E-state index contributed by atoms with van der Waals surface area (Å²) in [6.07, 6.45) is 0. The van der Waals surface area contributed by atoms with Crippen LogP contribution in [-0.4, -0.2) is 17.5 Å². The summed E-state index contributed by atoms with van der Waals surface area (Å²) in [4.78, 5) is 26.5. The Morgan fingerprint density at radius 2 is 1.46 bits per heavy atom. The summed E-state index contributed by atoms with van der Waals surface area (Å²) >= 11 is 0. The molecule has 0 atom stereocenters. The molecule has 0 fully saturated rings. The van der Waals surface area contributed by atoms with Gasteiger partial charge in [-0.1, -0.05) is 66.7 Å². The molecular formula is C31H30N2O4. The first-order valence-corrected chi connectivity index (χ1v) is 12.0. The zero-order valence-corrected chi connectivity index (χ0v) is 21.2. The highest BCUT2D eigenvalue weighted by Gasteiger charge is 2.23. The van der Waals surface area contributed by atoms with Crippen molar-refractivity contribution in [2.75, 3.05) is 11.1 Å². The first-order valence-electron chi connectivity index (χ1n) is 12.0. The number of carbonyl (C=O) groups excluding carboxylic acids is 2. The van der Waals surface area contributed by atoms with Crippen molar-refractivity contribution in [1.29, 1.82) is 0 Å². The minimum absolute atomic E-state index is 0.249. The van der Waals surface area contributed by atoms with Crippen molar-refractivity contribution in [2.24, 2.45) is 0 Å². The maximum Gasteiger partial charge on any atom is 0.340 e. The van der Waals surface area contributed by atoms with Gasteiger partial charge in [-0.15, -0.1) is 0 Å². The monoisotopic (exact) mass is 494 g/mol. The van der Waals surface area contributed by atoms with Gasteiger partial charge in [0.1, 0.15) is 18.0 Å². The number of nitrogens with two attached hydrogens (primary N) is 1. The Morgan fingerprint density at radius 1 is 0.784 bits per heavy atom. The van der Waals surface area contributed by atoms with Crippen LogP contribution in [0.3, 0.4) is 0 Å². The fraction of sp³-hybridized carbons (Fsp3) is 0.161. The molecule has 1 amide bonds. The highest BCUT2D eigenvalue weighted by atomic mass is 16.6. The zero-order valence-electron chi connectivity index (χ0n) is 21.2. The number of nitrogen functional groups attached to an aromatic ring is 1. The van der Waals surface area contributed by atoms with Gasteiger partial charge >= 0.3 is 5.97 Å². The van der Waals surface area contributed by atoms with Crippen molar-refractivity contribution >= 4 is 23.3 Å². The molecule has 188 valence electrons. The summed E-state index contributed by atoms with van der Waals surface area (Å²) in [6, 6.07) is 29.5. The Balaban J connectivity index is 1.67. The van der Waals surface area contributed by atoms with Gasteiger partial charge < -0.3 is 20.5 Å². The Morgan fingerprint density at radius 3 is 2.14 bits per heavy atom. The van der Waals surface area contributed by atoms with E-state index in [2.05, 4.69) is 5.32 Å². The van der Waals surface area contributed by atoms with Crippen molar-refractivity contribution < 1.29 is 19.1 Å². The van der Waals surface area contributed by atoms with Crippen LogP contribution in [0.25, 0.3) is 11.1 Å². The van der Waals surface area contributed by atoms with Gasteiger partial charge in [-0.2, -0.15) is 0 Å². The third kappa shape index (κ3) is 6.76. The molecule has 0 radical (unpaired) electrons. The lowest BCUT2D eigenvalue weighted by Gasteiger charge is -2.21. The van der Waals surface area contributed by atoms with E-state index in [4.69, 9.17) is 15.2 Å². The number of esters is 1. The normalized spacial score (nSPS) is 11.0. The molecule has 37 heavy (non-hydrogen) atoms. The molecule has 0 unspecified atom stereocenters. The standard InChI is InChI=1S/C31H30N2O4/c1-31(2,3)37-30(35)25-16-14-23(22-12-8-5-9-13-22)18-27(25)33-29(34)26-19-24(32)15-17-28(26)36-20-21-10-6-4-7-11-21/h4-19H,20,32H2,1-3H3,(H,33,34). The van der Waals surface area contributed by atoms with E-state index in [-0.39, 0.29) is 17.7 Å². The molecule has 3 N–H and O–H groups in total. The molecule has 6 nitrogen and oxygen atoms in total. The first-order chi connectivity index (χ1) is 17.7. The highest BCUT2D eigenvalue weighted by molar-refractivity contribution is 6.10. The van der Waals surface area contributed by atoms with Crippen LogP contribution >= 0.6 is 0 Å². The van der Waals surface area contributed by atoms with E-state index in [1.165, 1.54) is 0 Å². The zero-order chi connectivity index (χ0) is 26.4. The second-order valence-corrected chi connectivity index (χ2v) is 9.61. The van der Waals surface area contributed by atoms with Gasteiger partial charge in [0, 0.05) is 5.69 Å². The van der Waals surface area contributed by atoms with E-state index >= 15 is 0 Å². The van der Waals surface area contributed by atoms with Gasteiger partial charge in [0.15, 0.2) is 0 Å². The maximum atomic E-state index is 13.5. The van der Waals surface area contributed by atoms with Crippen LogP contribution in [-0.2, 0) is 11.3 Å². The lowest BCUT2D eigenvalue weighted by Crippen LogP contribution is -2.25. The first kappa shape index (κ1) is 25.5. The molecular weight excluding hydrogens is 464 g/mol. The van der Waals surface area contributed by atoms with E-state index in [1.54, 1.807) is 51.1 Å². The van der Waals surface area contributed by atoms with E-state index < -0.39 is 17.5 Å². The molecule has 4 aromatic rings. The third-order valence-electron chi connectivity index (χ3n) is 5.48. The van der Waals surface area contributed by atoms with Gasteiger partial charge in [0.25, 0.3) is 5.91 Å². The van der Waals surface area contributed by atoms with Crippen LogP contribution in [0.4, 0.5) is 11.4 Å². The second kappa shape index (κ2) is 11.0. The summed E-state index contributed by atoms with van der Waals surface area (Å²) in [5.74, 6) is -0.602. The number of carbonyl (C=O) groups is 2. The minimum atomic E-state index is -0.692. The number of rotatable bonds is 7.